The second-order valence-corrected chi connectivity index (χ2v) is 5.73. The van der Waals surface area contributed by atoms with Gasteiger partial charge in [0.05, 0.1) is 4.92 Å². The third-order valence-corrected chi connectivity index (χ3v) is 3.54. The molecule has 110 valence electrons. The minimum absolute atomic E-state index is 0.0988. The lowest BCUT2D eigenvalue weighted by Crippen LogP contribution is -2.27. The summed E-state index contributed by atoms with van der Waals surface area (Å²) in [5.41, 5.74) is 0.212. The lowest BCUT2D eigenvalue weighted by molar-refractivity contribution is -0.385. The van der Waals surface area contributed by atoms with Crippen molar-refractivity contribution in [3.63, 3.8) is 0 Å². The SMILES string of the molecule is CN(CCCCCCl)C(=O)c1cc(Br)cc([N+](=O)[O-])c1. The van der Waals surface area contributed by atoms with E-state index in [1.54, 1.807) is 18.0 Å². The second-order valence-electron chi connectivity index (χ2n) is 4.43. The lowest BCUT2D eigenvalue weighted by atomic mass is 10.1. The molecule has 0 aliphatic heterocycles. The zero-order valence-electron chi connectivity index (χ0n) is 11.1. The van der Waals surface area contributed by atoms with Gasteiger partial charge < -0.3 is 4.90 Å². The number of hydrogen-bond acceptors (Lipinski definition) is 3. The van der Waals surface area contributed by atoms with Gasteiger partial charge in [0.1, 0.15) is 0 Å². The van der Waals surface area contributed by atoms with Crippen LogP contribution in [0, 0.1) is 10.1 Å². The van der Waals surface area contributed by atoms with Gasteiger partial charge in [-0.15, -0.1) is 11.6 Å². The number of nitro groups is 1. The number of benzene rings is 1. The second kappa shape index (κ2) is 8.21. The monoisotopic (exact) mass is 362 g/mol. The van der Waals surface area contributed by atoms with E-state index in [2.05, 4.69) is 15.9 Å². The Hall–Kier alpha value is -1.14. The summed E-state index contributed by atoms with van der Waals surface area (Å²) < 4.78 is 0.519. The quantitative estimate of drug-likeness (QED) is 0.320. The van der Waals surface area contributed by atoms with Gasteiger partial charge in [0.2, 0.25) is 0 Å². The summed E-state index contributed by atoms with van der Waals surface area (Å²) in [5, 5.41) is 10.8. The smallest absolute Gasteiger partial charge is 0.271 e. The maximum Gasteiger partial charge on any atom is 0.271 e. The van der Waals surface area contributed by atoms with Crippen molar-refractivity contribution in [3.05, 3.63) is 38.3 Å². The zero-order chi connectivity index (χ0) is 15.1. The van der Waals surface area contributed by atoms with Crippen LogP contribution in [0.5, 0.6) is 0 Å². The van der Waals surface area contributed by atoms with Crippen molar-refractivity contribution in [2.24, 2.45) is 0 Å². The molecule has 1 aromatic carbocycles. The van der Waals surface area contributed by atoms with Gasteiger partial charge in [0.15, 0.2) is 0 Å². The number of alkyl halides is 1. The molecule has 0 fully saturated rings. The van der Waals surface area contributed by atoms with Crippen LogP contribution < -0.4 is 0 Å². The average Bonchev–Trinajstić information content (AvgIpc) is 2.41. The van der Waals surface area contributed by atoms with E-state index in [4.69, 9.17) is 11.6 Å². The van der Waals surface area contributed by atoms with Crippen LogP contribution in [0.15, 0.2) is 22.7 Å². The Kier molecular flexibility index (Phi) is 6.95. The molecule has 0 spiro atoms. The summed E-state index contributed by atoms with van der Waals surface area (Å²) in [4.78, 5) is 24.0. The Morgan fingerprint density at radius 3 is 2.65 bits per heavy atom. The zero-order valence-corrected chi connectivity index (χ0v) is 13.5. The molecule has 20 heavy (non-hydrogen) atoms. The Morgan fingerprint density at radius 1 is 1.35 bits per heavy atom. The number of hydrogen-bond donors (Lipinski definition) is 0. The molecule has 5 nitrogen and oxygen atoms in total. The third kappa shape index (κ3) is 5.09. The highest BCUT2D eigenvalue weighted by Crippen LogP contribution is 2.22. The molecule has 0 aliphatic rings. The molecule has 0 heterocycles. The summed E-state index contributed by atoms with van der Waals surface area (Å²) in [7, 11) is 1.69. The molecule has 7 heteroatoms. The highest BCUT2D eigenvalue weighted by Gasteiger charge is 2.16. The molecule has 1 aromatic rings. The van der Waals surface area contributed by atoms with E-state index < -0.39 is 4.92 Å². The maximum absolute atomic E-state index is 12.2. The van der Waals surface area contributed by atoms with E-state index in [1.807, 2.05) is 0 Å². The minimum atomic E-state index is -0.512. The van der Waals surface area contributed by atoms with Crippen LogP contribution in [0.4, 0.5) is 5.69 Å². The van der Waals surface area contributed by atoms with Gasteiger partial charge in [0, 0.05) is 41.6 Å². The van der Waals surface area contributed by atoms with Gasteiger partial charge in [-0.2, -0.15) is 0 Å². The summed E-state index contributed by atoms with van der Waals surface area (Å²) in [5.74, 6) is 0.399. The molecule has 0 bridgehead atoms. The molecular formula is C13H16BrClN2O3. The van der Waals surface area contributed by atoms with Crippen molar-refractivity contribution in [3.8, 4) is 0 Å². The molecule has 0 unspecified atom stereocenters. The van der Waals surface area contributed by atoms with Crippen molar-refractivity contribution < 1.29 is 9.72 Å². The summed E-state index contributed by atoms with van der Waals surface area (Å²) >= 11 is 8.77. The van der Waals surface area contributed by atoms with Crippen molar-refractivity contribution in [2.75, 3.05) is 19.5 Å². The third-order valence-electron chi connectivity index (χ3n) is 2.81. The van der Waals surface area contributed by atoms with Crippen LogP contribution in [0.1, 0.15) is 29.6 Å². The number of nitro benzene ring substituents is 1. The number of unbranched alkanes of at least 4 members (excludes halogenated alkanes) is 2. The van der Waals surface area contributed by atoms with Gasteiger partial charge in [-0.25, -0.2) is 0 Å². The molecule has 0 aliphatic carbocycles. The number of nitrogens with zero attached hydrogens (tertiary/aromatic N) is 2. The number of non-ortho nitro benzene ring substituents is 1. The normalized spacial score (nSPS) is 10.3. The molecule has 0 radical (unpaired) electrons. The van der Waals surface area contributed by atoms with E-state index in [0.717, 1.165) is 19.3 Å². The minimum Gasteiger partial charge on any atom is -0.342 e. The molecular weight excluding hydrogens is 348 g/mol. The van der Waals surface area contributed by atoms with Crippen molar-refractivity contribution >= 4 is 39.1 Å². The summed E-state index contributed by atoms with van der Waals surface area (Å²) in [6.45, 7) is 0.607. The molecule has 0 saturated carbocycles. The van der Waals surface area contributed by atoms with Gasteiger partial charge in [-0.05, 0) is 18.9 Å². The Bertz CT molecular complexity index is 497. The first-order chi connectivity index (χ1) is 9.45. The fourth-order valence-electron chi connectivity index (χ4n) is 1.75. The van der Waals surface area contributed by atoms with Crippen LogP contribution in [0.2, 0.25) is 0 Å². The lowest BCUT2D eigenvalue weighted by Gasteiger charge is -2.17. The Balaban J connectivity index is 2.73. The number of amides is 1. The predicted octanol–water partition coefficient (Wildman–Crippen LogP) is 3.84. The molecule has 1 rings (SSSR count). The molecule has 0 N–H and O–H groups in total. The number of carbonyl (C=O) groups excluding carboxylic acids is 1. The van der Waals surface area contributed by atoms with Crippen molar-refractivity contribution in [2.45, 2.75) is 19.3 Å². The first-order valence-electron chi connectivity index (χ1n) is 6.22. The van der Waals surface area contributed by atoms with Crippen LogP contribution >= 0.6 is 27.5 Å². The van der Waals surface area contributed by atoms with E-state index in [9.17, 15) is 14.9 Å². The number of halogens is 2. The van der Waals surface area contributed by atoms with Crippen molar-refractivity contribution in [1.82, 2.24) is 4.90 Å². The first kappa shape index (κ1) is 16.9. The Morgan fingerprint density at radius 2 is 2.05 bits per heavy atom. The van der Waals surface area contributed by atoms with Crippen LogP contribution in [0.3, 0.4) is 0 Å². The van der Waals surface area contributed by atoms with Crippen LogP contribution in [-0.2, 0) is 0 Å². The first-order valence-corrected chi connectivity index (χ1v) is 7.55. The van der Waals surface area contributed by atoms with Crippen LogP contribution in [0.25, 0.3) is 0 Å². The standard InChI is InChI=1S/C13H16BrClN2O3/c1-16(6-4-2-3-5-15)13(18)10-7-11(14)9-12(8-10)17(19)20/h7-9H,2-6H2,1H3. The average molecular weight is 364 g/mol. The van der Waals surface area contributed by atoms with E-state index in [-0.39, 0.29) is 11.6 Å². The fourth-order valence-corrected chi connectivity index (χ4v) is 2.42. The summed E-state index contributed by atoms with van der Waals surface area (Å²) in [6, 6.07) is 4.25. The predicted molar refractivity (Wildman–Crippen MR) is 82.3 cm³/mol. The fraction of sp³-hybridized carbons (Fsp3) is 0.462. The highest BCUT2D eigenvalue weighted by molar-refractivity contribution is 9.10. The number of rotatable bonds is 7. The Labute approximate surface area is 131 Å². The van der Waals surface area contributed by atoms with E-state index in [1.165, 1.54) is 12.1 Å². The topological polar surface area (TPSA) is 63.5 Å². The highest BCUT2D eigenvalue weighted by atomic mass is 79.9. The maximum atomic E-state index is 12.2. The molecule has 1 amide bonds. The van der Waals surface area contributed by atoms with Crippen LogP contribution in [-0.4, -0.2) is 35.2 Å². The molecule has 0 atom stereocenters. The largest absolute Gasteiger partial charge is 0.342 e. The summed E-state index contributed by atoms with van der Waals surface area (Å²) in [6.07, 6.45) is 2.75. The molecule has 0 aromatic heterocycles. The van der Waals surface area contributed by atoms with Crippen molar-refractivity contribution in [1.29, 1.82) is 0 Å². The van der Waals surface area contributed by atoms with Gasteiger partial charge in [-0.1, -0.05) is 22.4 Å². The molecule has 0 saturated heterocycles. The number of carbonyl (C=O) groups is 1. The van der Waals surface area contributed by atoms with Gasteiger partial charge >= 0.3 is 0 Å². The van der Waals surface area contributed by atoms with Gasteiger partial charge in [0.25, 0.3) is 11.6 Å². The van der Waals surface area contributed by atoms with E-state index in [0.29, 0.717) is 22.5 Å². The van der Waals surface area contributed by atoms with E-state index >= 15 is 0 Å². The van der Waals surface area contributed by atoms with Gasteiger partial charge in [-0.3, -0.25) is 14.9 Å².